The van der Waals surface area contributed by atoms with Gasteiger partial charge in [0.15, 0.2) is 0 Å². The highest BCUT2D eigenvalue weighted by Gasteiger charge is 2.19. The summed E-state index contributed by atoms with van der Waals surface area (Å²) in [6.45, 7) is 4.17. The lowest BCUT2D eigenvalue weighted by molar-refractivity contribution is -0.649. The molecule has 0 aliphatic heterocycles. The van der Waals surface area contributed by atoms with Crippen molar-refractivity contribution in [2.24, 2.45) is 14.1 Å². The smallest absolute Gasteiger partial charge is 0.231 e. The fourth-order valence-electron chi connectivity index (χ4n) is 2.82. The summed E-state index contributed by atoms with van der Waals surface area (Å²) in [7, 11) is 4.10. The molecular formula is C18H20N3+. The first-order valence-electron chi connectivity index (χ1n) is 7.14. The summed E-state index contributed by atoms with van der Waals surface area (Å²) in [5.41, 5.74) is 7.09. The maximum Gasteiger partial charge on any atom is 0.231 e. The molecule has 0 aliphatic carbocycles. The Hall–Kier alpha value is -2.42. The minimum atomic E-state index is 1.04. The minimum Gasteiger partial charge on any atom is -0.262 e. The van der Waals surface area contributed by atoms with Crippen LogP contribution in [0, 0.1) is 13.8 Å². The fraction of sp³-hybridized carbons (Fsp3) is 0.222. The SMILES string of the molecule is Cc1cc(-c2cccc(-c3ccccc3C)[n+]2C)n(C)n1. The lowest BCUT2D eigenvalue weighted by Crippen LogP contribution is -2.34. The fourth-order valence-corrected chi connectivity index (χ4v) is 2.82. The second kappa shape index (κ2) is 5.17. The molecule has 0 unspecified atom stereocenters. The third kappa shape index (κ3) is 2.35. The molecule has 0 spiro atoms. The van der Waals surface area contributed by atoms with Crippen molar-refractivity contribution in [3.05, 3.63) is 59.8 Å². The van der Waals surface area contributed by atoms with Crippen molar-refractivity contribution in [2.75, 3.05) is 0 Å². The van der Waals surface area contributed by atoms with Crippen LogP contribution >= 0.6 is 0 Å². The van der Waals surface area contributed by atoms with Crippen LogP contribution in [0.4, 0.5) is 0 Å². The molecule has 3 nitrogen and oxygen atoms in total. The molecular weight excluding hydrogens is 258 g/mol. The maximum absolute atomic E-state index is 4.45. The zero-order valence-corrected chi connectivity index (χ0v) is 13.0. The molecule has 106 valence electrons. The summed E-state index contributed by atoms with van der Waals surface area (Å²) in [6.07, 6.45) is 0. The number of aromatic nitrogens is 3. The van der Waals surface area contributed by atoms with E-state index < -0.39 is 0 Å². The average Bonchev–Trinajstić information content (AvgIpc) is 2.79. The molecule has 0 fully saturated rings. The zero-order valence-electron chi connectivity index (χ0n) is 13.0. The molecule has 3 heteroatoms. The molecule has 0 saturated heterocycles. The first-order chi connectivity index (χ1) is 10.1. The van der Waals surface area contributed by atoms with Gasteiger partial charge in [0.2, 0.25) is 11.4 Å². The van der Waals surface area contributed by atoms with Gasteiger partial charge < -0.3 is 0 Å². The Morgan fingerprint density at radius 3 is 2.33 bits per heavy atom. The number of aryl methyl sites for hydroxylation is 3. The van der Waals surface area contributed by atoms with Crippen LogP contribution in [0.15, 0.2) is 48.5 Å². The first kappa shape index (κ1) is 13.6. The highest BCUT2D eigenvalue weighted by atomic mass is 15.3. The molecule has 0 bridgehead atoms. The van der Waals surface area contributed by atoms with E-state index in [4.69, 9.17) is 0 Å². The Balaban J connectivity index is 2.21. The van der Waals surface area contributed by atoms with E-state index in [1.165, 1.54) is 22.5 Å². The standard InChI is InChI=1S/C18H20N3/c1-13-8-5-6-9-15(13)16-10-7-11-17(20(16)3)18-12-14(2)19-21(18)4/h5-12H,1-4H3/q+1. The first-order valence-corrected chi connectivity index (χ1v) is 7.14. The van der Waals surface area contributed by atoms with E-state index in [0.717, 1.165) is 11.4 Å². The van der Waals surface area contributed by atoms with Gasteiger partial charge in [-0.2, -0.15) is 9.67 Å². The molecule has 0 radical (unpaired) electrons. The van der Waals surface area contributed by atoms with Gasteiger partial charge in [-0.15, -0.1) is 0 Å². The van der Waals surface area contributed by atoms with E-state index in [2.05, 4.69) is 72.2 Å². The normalized spacial score (nSPS) is 10.9. The molecule has 0 atom stereocenters. The van der Waals surface area contributed by atoms with Gasteiger partial charge in [-0.25, -0.2) is 0 Å². The van der Waals surface area contributed by atoms with Gasteiger partial charge in [0.1, 0.15) is 12.7 Å². The quantitative estimate of drug-likeness (QED) is 0.660. The molecule has 3 aromatic rings. The summed E-state index contributed by atoms with van der Waals surface area (Å²) >= 11 is 0. The third-order valence-corrected chi connectivity index (χ3v) is 3.92. The highest BCUT2D eigenvalue weighted by Crippen LogP contribution is 2.23. The van der Waals surface area contributed by atoms with Crippen molar-refractivity contribution in [3.63, 3.8) is 0 Å². The van der Waals surface area contributed by atoms with Crippen molar-refractivity contribution >= 4 is 0 Å². The number of rotatable bonds is 2. The number of nitrogens with zero attached hydrogens (tertiary/aromatic N) is 3. The molecule has 21 heavy (non-hydrogen) atoms. The second-order valence-electron chi connectivity index (χ2n) is 5.46. The van der Waals surface area contributed by atoms with Gasteiger partial charge in [-0.1, -0.05) is 18.2 Å². The van der Waals surface area contributed by atoms with Crippen molar-refractivity contribution < 1.29 is 4.57 Å². The lowest BCUT2D eigenvalue weighted by Gasteiger charge is -2.07. The number of hydrogen-bond acceptors (Lipinski definition) is 1. The van der Waals surface area contributed by atoms with Gasteiger partial charge in [0, 0.05) is 24.7 Å². The lowest BCUT2D eigenvalue weighted by atomic mass is 10.0. The molecule has 2 aromatic heterocycles. The molecule has 0 aliphatic rings. The van der Waals surface area contributed by atoms with Crippen LogP contribution in [0.5, 0.6) is 0 Å². The van der Waals surface area contributed by atoms with Gasteiger partial charge >= 0.3 is 0 Å². The minimum absolute atomic E-state index is 1.04. The monoisotopic (exact) mass is 278 g/mol. The Morgan fingerprint density at radius 1 is 0.952 bits per heavy atom. The number of pyridine rings is 1. The predicted molar refractivity (Wildman–Crippen MR) is 84.7 cm³/mol. The van der Waals surface area contributed by atoms with Crippen LogP contribution in [-0.4, -0.2) is 9.78 Å². The molecule has 1 aromatic carbocycles. The van der Waals surface area contributed by atoms with Gasteiger partial charge in [-0.3, -0.25) is 4.68 Å². The maximum atomic E-state index is 4.45. The summed E-state index contributed by atoms with van der Waals surface area (Å²) in [6, 6.07) is 17.0. The summed E-state index contributed by atoms with van der Waals surface area (Å²) < 4.78 is 4.17. The van der Waals surface area contributed by atoms with Crippen molar-refractivity contribution in [1.29, 1.82) is 0 Å². The average molecular weight is 278 g/mol. The van der Waals surface area contributed by atoms with E-state index >= 15 is 0 Å². The molecule has 0 saturated carbocycles. The van der Waals surface area contributed by atoms with Crippen molar-refractivity contribution in [3.8, 4) is 22.6 Å². The van der Waals surface area contributed by atoms with Crippen LogP contribution in [0.25, 0.3) is 22.6 Å². The van der Waals surface area contributed by atoms with Crippen molar-refractivity contribution in [2.45, 2.75) is 13.8 Å². The molecule has 2 heterocycles. The number of benzene rings is 1. The van der Waals surface area contributed by atoms with Crippen LogP contribution in [0.3, 0.4) is 0 Å². The predicted octanol–water partition coefficient (Wildman–Crippen LogP) is 3.20. The Morgan fingerprint density at radius 2 is 1.67 bits per heavy atom. The van der Waals surface area contributed by atoms with E-state index in [0.29, 0.717) is 0 Å². The second-order valence-corrected chi connectivity index (χ2v) is 5.46. The van der Waals surface area contributed by atoms with E-state index in [1.54, 1.807) is 0 Å². The third-order valence-electron chi connectivity index (χ3n) is 3.92. The van der Waals surface area contributed by atoms with Gasteiger partial charge in [-0.05, 0) is 37.6 Å². The zero-order chi connectivity index (χ0) is 15.0. The Kier molecular flexibility index (Phi) is 3.34. The molecule has 0 N–H and O–H groups in total. The van der Waals surface area contributed by atoms with Crippen LogP contribution in [0.2, 0.25) is 0 Å². The largest absolute Gasteiger partial charge is 0.262 e. The van der Waals surface area contributed by atoms with Crippen LogP contribution in [0.1, 0.15) is 11.3 Å². The summed E-state index contributed by atoms with van der Waals surface area (Å²) in [5, 5.41) is 4.45. The molecule has 0 amide bonds. The van der Waals surface area contributed by atoms with Crippen LogP contribution in [-0.2, 0) is 14.1 Å². The Labute approximate surface area is 125 Å². The number of hydrogen-bond donors (Lipinski definition) is 0. The highest BCUT2D eigenvalue weighted by molar-refractivity contribution is 5.62. The van der Waals surface area contributed by atoms with E-state index in [1.807, 2.05) is 18.7 Å². The van der Waals surface area contributed by atoms with E-state index in [9.17, 15) is 0 Å². The molecule has 3 rings (SSSR count). The Bertz CT molecular complexity index is 800. The summed E-state index contributed by atoms with van der Waals surface area (Å²) in [5.74, 6) is 0. The van der Waals surface area contributed by atoms with Crippen molar-refractivity contribution in [1.82, 2.24) is 9.78 Å². The van der Waals surface area contributed by atoms with E-state index in [-0.39, 0.29) is 0 Å². The van der Waals surface area contributed by atoms with Gasteiger partial charge in [0.25, 0.3) is 0 Å². The summed E-state index contributed by atoms with van der Waals surface area (Å²) in [4.78, 5) is 0. The topological polar surface area (TPSA) is 21.7 Å². The van der Waals surface area contributed by atoms with Gasteiger partial charge in [0.05, 0.1) is 5.69 Å². The van der Waals surface area contributed by atoms with Crippen LogP contribution < -0.4 is 4.57 Å².